The van der Waals surface area contributed by atoms with E-state index in [1.807, 2.05) is 0 Å². The van der Waals surface area contributed by atoms with Crippen LogP contribution in [-0.4, -0.2) is 34.5 Å². The van der Waals surface area contributed by atoms with Gasteiger partial charge >= 0.3 is 12.3 Å². The lowest BCUT2D eigenvalue weighted by Crippen LogP contribution is -2.18. The van der Waals surface area contributed by atoms with Crippen LogP contribution in [-0.2, 0) is 9.53 Å². The number of hydrogen-bond donors (Lipinski definition) is 1. The maximum absolute atomic E-state index is 15.0. The van der Waals surface area contributed by atoms with Crippen molar-refractivity contribution in [1.82, 2.24) is 4.57 Å². The number of rotatable bonds is 6. The summed E-state index contributed by atoms with van der Waals surface area (Å²) in [5.41, 5.74) is -0.304. The molecule has 0 aliphatic rings. The van der Waals surface area contributed by atoms with Crippen molar-refractivity contribution >= 4 is 22.8 Å². The minimum Gasteiger partial charge on any atom is -0.503 e. The summed E-state index contributed by atoms with van der Waals surface area (Å²) in [5.74, 6) is -7.15. The fourth-order valence-corrected chi connectivity index (χ4v) is 3.68. The highest BCUT2D eigenvalue weighted by Gasteiger charge is 2.32. The topological polar surface area (TPSA) is 77.8 Å². The van der Waals surface area contributed by atoms with Crippen LogP contribution < -0.4 is 4.74 Å². The first-order chi connectivity index (χ1) is 15.9. The fraction of sp³-hybridized carbons (Fsp3) is 0.304. The maximum Gasteiger partial charge on any atom is 0.573 e. The first kappa shape index (κ1) is 25.0. The van der Waals surface area contributed by atoms with E-state index in [1.165, 1.54) is 13.8 Å². The zero-order chi connectivity index (χ0) is 25.4. The summed E-state index contributed by atoms with van der Waals surface area (Å²) in [6.45, 7) is 4.69. The number of fused-ring (bicyclic) bond motifs is 1. The summed E-state index contributed by atoms with van der Waals surface area (Å²) < 4.78 is 76.2. The number of benzene rings is 2. The van der Waals surface area contributed by atoms with Crippen molar-refractivity contribution in [2.45, 2.75) is 39.5 Å². The lowest BCUT2D eigenvalue weighted by atomic mass is 9.97. The van der Waals surface area contributed by atoms with E-state index in [9.17, 15) is 36.6 Å². The van der Waals surface area contributed by atoms with Gasteiger partial charge in [-0.15, -0.1) is 13.2 Å². The van der Waals surface area contributed by atoms with E-state index in [-0.39, 0.29) is 34.3 Å². The van der Waals surface area contributed by atoms with Gasteiger partial charge in [-0.1, -0.05) is 6.92 Å². The van der Waals surface area contributed by atoms with Gasteiger partial charge < -0.3 is 14.6 Å². The number of carbonyl (C=O) groups excluding carboxylic acids is 2. The Labute approximate surface area is 190 Å². The molecule has 0 bridgehead atoms. The van der Waals surface area contributed by atoms with Crippen molar-refractivity contribution in [3.63, 3.8) is 0 Å². The number of carbonyl (C=O) groups is 2. The van der Waals surface area contributed by atoms with Gasteiger partial charge in [0.05, 0.1) is 18.0 Å². The van der Waals surface area contributed by atoms with Crippen molar-refractivity contribution < 1.29 is 46.1 Å². The lowest BCUT2D eigenvalue weighted by molar-refractivity contribution is -0.274. The number of phenols is 1. The maximum atomic E-state index is 15.0. The second-order valence-electron chi connectivity index (χ2n) is 7.52. The van der Waals surface area contributed by atoms with E-state index in [0.717, 1.165) is 34.9 Å². The van der Waals surface area contributed by atoms with E-state index in [0.29, 0.717) is 6.42 Å². The summed E-state index contributed by atoms with van der Waals surface area (Å²) in [6.07, 6.45) is -4.39. The Morgan fingerprint density at radius 2 is 1.76 bits per heavy atom. The number of halogens is 5. The number of phenolic OH excluding ortho intramolecular Hbond substituents is 1. The molecule has 2 aromatic carbocycles. The molecule has 34 heavy (non-hydrogen) atoms. The molecule has 0 aliphatic heterocycles. The predicted octanol–water partition coefficient (Wildman–Crippen LogP) is 5.58. The molecule has 1 unspecified atom stereocenters. The Balaban J connectivity index is 2.17. The molecule has 0 saturated carbocycles. The van der Waals surface area contributed by atoms with Crippen LogP contribution in [0.1, 0.15) is 47.8 Å². The average molecular weight is 485 g/mol. The number of ether oxygens (including phenoxy) is 2. The van der Waals surface area contributed by atoms with E-state index < -0.39 is 47.3 Å². The largest absolute Gasteiger partial charge is 0.573 e. The molecule has 6 nitrogen and oxygen atoms in total. The van der Waals surface area contributed by atoms with Crippen molar-refractivity contribution in [2.75, 3.05) is 6.61 Å². The average Bonchev–Trinajstić information content (AvgIpc) is 3.05. The molecule has 0 fully saturated rings. The lowest BCUT2D eigenvalue weighted by Gasteiger charge is -2.13. The number of hydrogen-bond acceptors (Lipinski definition) is 5. The van der Waals surface area contributed by atoms with Gasteiger partial charge in [-0.25, -0.2) is 8.78 Å². The third-order valence-electron chi connectivity index (χ3n) is 5.18. The van der Waals surface area contributed by atoms with Gasteiger partial charge in [0.25, 0.3) is 5.91 Å². The Morgan fingerprint density at radius 1 is 1.15 bits per heavy atom. The van der Waals surface area contributed by atoms with Crippen molar-refractivity contribution in [3.8, 4) is 11.5 Å². The molecule has 0 radical (unpaired) electrons. The molecular formula is C23H20F5NO5. The summed E-state index contributed by atoms with van der Waals surface area (Å²) in [5, 5.41) is 9.46. The number of nitrogens with zero attached hydrogens (tertiary/aromatic N) is 1. The van der Waals surface area contributed by atoms with Gasteiger partial charge in [0.15, 0.2) is 17.4 Å². The Bertz CT molecular complexity index is 1250. The summed E-state index contributed by atoms with van der Waals surface area (Å²) in [7, 11) is 0. The van der Waals surface area contributed by atoms with E-state index in [1.54, 1.807) is 6.92 Å². The standard InChI is InChI=1S/C23H20F5NO5/c1-4-9-33-22(32)11(2)17-12(3)29(16-10-15(24)20(30)19(25)18(16)17)21(31)13-5-7-14(8-6-13)34-23(26,27)28/h5-8,10-11,30H,4,9H2,1-3H3. The predicted molar refractivity (Wildman–Crippen MR) is 111 cm³/mol. The van der Waals surface area contributed by atoms with Gasteiger partial charge in [0.2, 0.25) is 0 Å². The molecule has 1 aromatic heterocycles. The molecule has 0 spiro atoms. The number of alkyl halides is 3. The van der Waals surface area contributed by atoms with Gasteiger partial charge in [-0.3, -0.25) is 14.2 Å². The van der Waals surface area contributed by atoms with Crippen LogP contribution >= 0.6 is 0 Å². The van der Waals surface area contributed by atoms with Crippen molar-refractivity contribution in [2.24, 2.45) is 0 Å². The van der Waals surface area contributed by atoms with E-state index in [2.05, 4.69) is 4.74 Å². The molecular weight excluding hydrogens is 465 g/mol. The van der Waals surface area contributed by atoms with Gasteiger partial charge in [0, 0.05) is 22.7 Å². The van der Waals surface area contributed by atoms with Crippen LogP contribution in [0, 0.1) is 18.6 Å². The highest BCUT2D eigenvalue weighted by Crippen LogP contribution is 2.39. The van der Waals surface area contributed by atoms with Gasteiger partial charge in [-0.05, 0) is 50.1 Å². The number of esters is 1. The second-order valence-corrected chi connectivity index (χ2v) is 7.52. The highest BCUT2D eigenvalue weighted by molar-refractivity contribution is 6.05. The van der Waals surface area contributed by atoms with Crippen LogP contribution in [0.15, 0.2) is 30.3 Å². The Hall–Kier alpha value is -3.63. The van der Waals surface area contributed by atoms with Crippen LogP contribution in [0.3, 0.4) is 0 Å². The third-order valence-corrected chi connectivity index (χ3v) is 5.18. The smallest absolute Gasteiger partial charge is 0.503 e. The van der Waals surface area contributed by atoms with Gasteiger partial charge in [-0.2, -0.15) is 0 Å². The van der Waals surface area contributed by atoms with E-state index in [4.69, 9.17) is 4.74 Å². The first-order valence-electron chi connectivity index (χ1n) is 10.2. The van der Waals surface area contributed by atoms with Crippen molar-refractivity contribution in [1.29, 1.82) is 0 Å². The molecule has 0 saturated heterocycles. The molecule has 0 amide bonds. The summed E-state index contributed by atoms with van der Waals surface area (Å²) >= 11 is 0. The molecule has 1 heterocycles. The minimum atomic E-state index is -4.92. The highest BCUT2D eigenvalue weighted by atomic mass is 19.4. The zero-order valence-corrected chi connectivity index (χ0v) is 18.3. The zero-order valence-electron chi connectivity index (χ0n) is 18.3. The van der Waals surface area contributed by atoms with Crippen LogP contribution in [0.25, 0.3) is 10.9 Å². The van der Waals surface area contributed by atoms with Crippen molar-refractivity contribution in [3.05, 3.63) is 58.8 Å². The summed E-state index contributed by atoms with van der Waals surface area (Å²) in [6, 6.07) is 4.69. The fourth-order valence-electron chi connectivity index (χ4n) is 3.68. The van der Waals surface area contributed by atoms with Crippen LogP contribution in [0.2, 0.25) is 0 Å². The SMILES string of the molecule is CCCOC(=O)C(C)c1c(C)n(C(=O)c2ccc(OC(F)(F)F)cc2)c2cc(F)c(O)c(F)c12. The number of aromatic nitrogens is 1. The third kappa shape index (κ3) is 4.68. The molecule has 1 N–H and O–H groups in total. The molecule has 1 atom stereocenters. The minimum absolute atomic E-state index is 0.00859. The first-order valence-corrected chi connectivity index (χ1v) is 10.2. The van der Waals surface area contributed by atoms with Crippen LogP contribution in [0.5, 0.6) is 11.5 Å². The normalized spacial score (nSPS) is 12.6. The molecule has 0 aliphatic carbocycles. The molecule has 182 valence electrons. The van der Waals surface area contributed by atoms with E-state index >= 15 is 0 Å². The molecule has 11 heteroatoms. The van der Waals surface area contributed by atoms with Gasteiger partial charge in [0.1, 0.15) is 5.75 Å². The quantitative estimate of drug-likeness (QED) is 0.365. The monoisotopic (exact) mass is 485 g/mol. The molecule has 3 rings (SSSR count). The number of aromatic hydroxyl groups is 1. The molecule has 3 aromatic rings. The Morgan fingerprint density at radius 3 is 2.32 bits per heavy atom. The second kappa shape index (κ2) is 9.32. The van der Waals surface area contributed by atoms with Crippen LogP contribution in [0.4, 0.5) is 22.0 Å². The summed E-state index contributed by atoms with van der Waals surface area (Å²) in [4.78, 5) is 25.7. The Kier molecular flexibility index (Phi) is 6.85.